The van der Waals surface area contributed by atoms with Gasteiger partial charge in [0.1, 0.15) is 0 Å². The average molecular weight is 220 g/mol. The van der Waals surface area contributed by atoms with Gasteiger partial charge in [-0.25, -0.2) is 0 Å². The minimum atomic E-state index is -0.314. The molecular formula is C11H22ClNO. The van der Waals surface area contributed by atoms with Crippen molar-refractivity contribution in [2.75, 3.05) is 13.1 Å². The van der Waals surface area contributed by atoms with Gasteiger partial charge in [0.2, 0.25) is 0 Å². The monoisotopic (exact) mass is 219 g/mol. The van der Waals surface area contributed by atoms with E-state index in [-0.39, 0.29) is 5.37 Å². The van der Waals surface area contributed by atoms with Gasteiger partial charge in [0.05, 0.1) is 0 Å². The normalized spacial score (nSPS) is 11.1. The molecule has 0 rings (SSSR count). The maximum atomic E-state index is 11.1. The molecule has 0 N–H and O–H groups in total. The molecular weight excluding hydrogens is 198 g/mol. The van der Waals surface area contributed by atoms with E-state index in [2.05, 4.69) is 27.7 Å². The summed E-state index contributed by atoms with van der Waals surface area (Å²) in [7, 11) is 0. The lowest BCUT2D eigenvalue weighted by Crippen LogP contribution is -2.29. The molecule has 0 aliphatic carbocycles. The Hall–Kier alpha value is -0.240. The second-order valence-corrected chi connectivity index (χ2v) is 4.93. The zero-order chi connectivity index (χ0) is 11.1. The fourth-order valence-electron chi connectivity index (χ4n) is 1.12. The molecule has 0 saturated carbocycles. The first-order valence-corrected chi connectivity index (χ1v) is 5.75. The highest BCUT2D eigenvalue weighted by Gasteiger charge is 2.11. The van der Waals surface area contributed by atoms with Gasteiger partial charge < -0.3 is 4.90 Å². The van der Waals surface area contributed by atoms with Gasteiger partial charge in [-0.1, -0.05) is 27.7 Å². The Kier molecular flexibility index (Phi) is 6.98. The summed E-state index contributed by atoms with van der Waals surface area (Å²) < 4.78 is 0. The van der Waals surface area contributed by atoms with Crippen LogP contribution in [-0.4, -0.2) is 23.4 Å². The lowest BCUT2D eigenvalue weighted by molar-refractivity contribution is 0.215. The molecule has 14 heavy (non-hydrogen) atoms. The third kappa shape index (κ3) is 7.19. The second-order valence-electron chi connectivity index (χ2n) is 4.61. The first-order valence-electron chi connectivity index (χ1n) is 5.38. The Morgan fingerprint density at radius 1 is 1.07 bits per heavy atom. The van der Waals surface area contributed by atoms with Gasteiger partial charge in [-0.2, -0.15) is 0 Å². The van der Waals surface area contributed by atoms with Gasteiger partial charge in [-0.3, -0.25) is 4.79 Å². The van der Waals surface area contributed by atoms with Crippen molar-refractivity contribution in [3.63, 3.8) is 0 Å². The number of nitrogens with zero attached hydrogens (tertiary/aromatic N) is 1. The molecule has 0 aromatic carbocycles. The molecule has 0 bridgehead atoms. The van der Waals surface area contributed by atoms with Gasteiger partial charge in [-0.15, -0.1) is 0 Å². The highest BCUT2D eigenvalue weighted by Crippen LogP contribution is 2.08. The van der Waals surface area contributed by atoms with Crippen LogP contribution in [0.3, 0.4) is 0 Å². The number of hydrogen-bond donors (Lipinski definition) is 0. The Balaban J connectivity index is 3.84. The molecule has 0 heterocycles. The van der Waals surface area contributed by atoms with E-state index in [0.717, 1.165) is 25.9 Å². The van der Waals surface area contributed by atoms with E-state index in [1.807, 2.05) is 0 Å². The summed E-state index contributed by atoms with van der Waals surface area (Å²) in [5.74, 6) is 1.24. The molecule has 84 valence electrons. The summed E-state index contributed by atoms with van der Waals surface area (Å²) in [6, 6.07) is 0. The second kappa shape index (κ2) is 7.10. The minimum absolute atomic E-state index is 0.314. The lowest BCUT2D eigenvalue weighted by Gasteiger charge is -2.21. The van der Waals surface area contributed by atoms with Crippen LogP contribution >= 0.6 is 11.6 Å². The van der Waals surface area contributed by atoms with Crippen molar-refractivity contribution in [2.45, 2.75) is 40.5 Å². The Labute approximate surface area is 92.6 Å². The van der Waals surface area contributed by atoms with E-state index >= 15 is 0 Å². The largest absolute Gasteiger partial charge is 0.329 e. The molecule has 1 amide bonds. The predicted molar refractivity (Wildman–Crippen MR) is 61.7 cm³/mol. The third-order valence-corrected chi connectivity index (χ3v) is 2.44. The smallest absolute Gasteiger partial charge is 0.316 e. The molecule has 0 aromatic heterocycles. The number of halogens is 1. The van der Waals surface area contributed by atoms with Crippen molar-refractivity contribution < 1.29 is 4.79 Å². The van der Waals surface area contributed by atoms with Crippen molar-refractivity contribution >= 4 is 17.0 Å². The van der Waals surface area contributed by atoms with Crippen LogP contribution in [-0.2, 0) is 0 Å². The minimum Gasteiger partial charge on any atom is -0.329 e. The highest BCUT2D eigenvalue weighted by atomic mass is 35.5. The zero-order valence-electron chi connectivity index (χ0n) is 9.72. The number of amides is 1. The molecule has 0 aliphatic rings. The maximum Gasteiger partial charge on any atom is 0.316 e. The van der Waals surface area contributed by atoms with Gasteiger partial charge in [0, 0.05) is 13.1 Å². The molecule has 0 aromatic rings. The van der Waals surface area contributed by atoms with Gasteiger partial charge in [0.15, 0.2) is 0 Å². The molecule has 0 spiro atoms. The predicted octanol–water partition coefficient (Wildman–Crippen LogP) is 3.74. The number of hydrogen-bond acceptors (Lipinski definition) is 1. The number of carbonyl (C=O) groups excluding carboxylic acids is 1. The summed E-state index contributed by atoms with van der Waals surface area (Å²) in [6.07, 6.45) is 2.05. The third-order valence-electron chi connectivity index (χ3n) is 2.20. The molecule has 0 saturated heterocycles. The number of rotatable bonds is 6. The van der Waals surface area contributed by atoms with Crippen LogP contribution < -0.4 is 0 Å². The fraction of sp³-hybridized carbons (Fsp3) is 0.909. The fourth-order valence-corrected chi connectivity index (χ4v) is 1.28. The van der Waals surface area contributed by atoms with Crippen LogP contribution in [0.2, 0.25) is 0 Å². The zero-order valence-corrected chi connectivity index (χ0v) is 10.5. The van der Waals surface area contributed by atoms with E-state index in [1.165, 1.54) is 0 Å². The molecule has 0 unspecified atom stereocenters. The van der Waals surface area contributed by atoms with Crippen LogP contribution in [0.1, 0.15) is 40.5 Å². The van der Waals surface area contributed by atoms with Crippen LogP contribution in [0.5, 0.6) is 0 Å². The molecule has 0 radical (unpaired) electrons. The average Bonchev–Trinajstić information content (AvgIpc) is 2.02. The maximum absolute atomic E-state index is 11.1. The summed E-state index contributed by atoms with van der Waals surface area (Å²) in [6.45, 7) is 10.2. The van der Waals surface area contributed by atoms with Crippen molar-refractivity contribution in [2.24, 2.45) is 11.8 Å². The number of carbonyl (C=O) groups is 1. The Bertz CT molecular complexity index is 157. The van der Waals surface area contributed by atoms with Crippen LogP contribution in [0, 0.1) is 11.8 Å². The van der Waals surface area contributed by atoms with E-state index in [4.69, 9.17) is 11.6 Å². The first-order chi connectivity index (χ1) is 6.43. The quantitative estimate of drug-likeness (QED) is 0.492. The van der Waals surface area contributed by atoms with Crippen molar-refractivity contribution in [3.05, 3.63) is 0 Å². The van der Waals surface area contributed by atoms with Crippen LogP contribution in [0.15, 0.2) is 0 Å². The van der Waals surface area contributed by atoms with Crippen molar-refractivity contribution in [3.8, 4) is 0 Å². The molecule has 0 fully saturated rings. The topological polar surface area (TPSA) is 20.3 Å². The lowest BCUT2D eigenvalue weighted by atomic mass is 10.1. The summed E-state index contributed by atoms with van der Waals surface area (Å²) in [5, 5.41) is -0.314. The van der Waals surface area contributed by atoms with Crippen LogP contribution in [0.25, 0.3) is 0 Å². The highest BCUT2D eigenvalue weighted by molar-refractivity contribution is 6.62. The SMILES string of the molecule is CC(C)CCN(CCC(C)C)C(=O)Cl. The van der Waals surface area contributed by atoms with E-state index in [9.17, 15) is 4.79 Å². The van der Waals surface area contributed by atoms with Crippen LogP contribution in [0.4, 0.5) is 4.79 Å². The van der Waals surface area contributed by atoms with E-state index in [1.54, 1.807) is 4.90 Å². The summed E-state index contributed by atoms with van der Waals surface area (Å²) in [5.41, 5.74) is 0. The molecule has 2 nitrogen and oxygen atoms in total. The Morgan fingerprint density at radius 2 is 1.43 bits per heavy atom. The molecule has 3 heteroatoms. The summed E-state index contributed by atoms with van der Waals surface area (Å²) in [4.78, 5) is 12.8. The first kappa shape index (κ1) is 13.8. The van der Waals surface area contributed by atoms with Gasteiger partial charge in [-0.05, 0) is 36.3 Å². The standard InChI is InChI=1S/C11H22ClNO/c1-9(2)5-7-13(11(12)14)8-6-10(3)4/h9-10H,5-8H2,1-4H3. The van der Waals surface area contributed by atoms with E-state index < -0.39 is 0 Å². The molecule has 0 aliphatic heterocycles. The van der Waals surface area contributed by atoms with Crippen molar-refractivity contribution in [1.82, 2.24) is 4.90 Å². The van der Waals surface area contributed by atoms with E-state index in [0.29, 0.717) is 11.8 Å². The molecule has 0 atom stereocenters. The van der Waals surface area contributed by atoms with Gasteiger partial charge >= 0.3 is 5.37 Å². The van der Waals surface area contributed by atoms with Gasteiger partial charge in [0.25, 0.3) is 0 Å². The summed E-state index contributed by atoms with van der Waals surface area (Å²) >= 11 is 5.50. The Morgan fingerprint density at radius 3 is 1.64 bits per heavy atom. The van der Waals surface area contributed by atoms with Crippen molar-refractivity contribution in [1.29, 1.82) is 0 Å².